The van der Waals surface area contributed by atoms with Gasteiger partial charge in [-0.25, -0.2) is 9.24 Å². The minimum Gasteiger partial charge on any atom is -0.504 e. The van der Waals surface area contributed by atoms with Crippen LogP contribution in [0.1, 0.15) is 184 Å². The molecule has 378 valence electrons. The fraction of sp³-hybridized carbons (Fsp3) is 0.381. The van der Waals surface area contributed by atoms with Crippen LogP contribution in [0.4, 0.5) is 32.8 Å². The number of nitrogens with zero attached hydrogens (tertiary/aromatic N) is 1. The quantitative estimate of drug-likeness (QED) is 0.0467. The van der Waals surface area contributed by atoms with E-state index in [0.717, 1.165) is 68.4 Å². The molecule has 0 bridgehead atoms. The molecule has 3 aliphatic rings. The zero-order chi connectivity index (χ0) is 51.0. The monoisotopic (exact) mass is 982 g/mol. The van der Waals surface area contributed by atoms with Gasteiger partial charge in [-0.15, -0.1) is 0 Å². The molecular formula is C63H68FN3O6. The number of phenolic OH excluding ortho intramolecular Hbond substituents is 2. The lowest BCUT2D eigenvalue weighted by molar-refractivity contribution is 0.0974. The summed E-state index contributed by atoms with van der Waals surface area (Å²) in [7, 11) is 0. The van der Waals surface area contributed by atoms with E-state index >= 15 is 14.0 Å². The zero-order valence-electron chi connectivity index (χ0n) is 42.5. The summed E-state index contributed by atoms with van der Waals surface area (Å²) in [6.07, 6.45) is 20.0. The summed E-state index contributed by atoms with van der Waals surface area (Å²) in [4.78, 5) is 33.8. The van der Waals surface area contributed by atoms with Gasteiger partial charge in [0.05, 0.1) is 40.2 Å². The highest BCUT2D eigenvalue weighted by Gasteiger charge is 2.41. The van der Waals surface area contributed by atoms with E-state index in [-0.39, 0.29) is 56.5 Å². The van der Waals surface area contributed by atoms with Crippen LogP contribution in [0.25, 0.3) is 4.85 Å². The van der Waals surface area contributed by atoms with Gasteiger partial charge < -0.3 is 30.3 Å². The molecule has 73 heavy (non-hydrogen) atoms. The van der Waals surface area contributed by atoms with Gasteiger partial charge in [0.25, 0.3) is 0 Å². The molecule has 0 spiro atoms. The fourth-order valence-corrected chi connectivity index (χ4v) is 11.4. The van der Waals surface area contributed by atoms with E-state index in [1.165, 1.54) is 99.6 Å². The molecule has 0 aromatic heterocycles. The van der Waals surface area contributed by atoms with E-state index < -0.39 is 28.9 Å². The molecule has 3 aliphatic carbocycles. The topological polar surface area (TPSA) is 121 Å². The summed E-state index contributed by atoms with van der Waals surface area (Å²) < 4.78 is 27.9. The van der Waals surface area contributed by atoms with Crippen molar-refractivity contribution in [1.82, 2.24) is 0 Å². The number of rotatable bonds is 19. The van der Waals surface area contributed by atoms with Crippen molar-refractivity contribution in [2.75, 3.05) is 10.6 Å². The van der Waals surface area contributed by atoms with E-state index in [2.05, 4.69) is 48.4 Å². The van der Waals surface area contributed by atoms with Gasteiger partial charge in [-0.1, -0.05) is 108 Å². The number of ketones is 2. The molecule has 0 unspecified atom stereocenters. The average molecular weight is 982 g/mol. The Morgan fingerprint density at radius 2 is 1.00 bits per heavy atom. The lowest BCUT2D eigenvalue weighted by Gasteiger charge is -2.29. The second-order valence-electron chi connectivity index (χ2n) is 20.6. The number of unbranched alkanes of at least 4 members (excludes halogenated alkanes) is 3. The summed E-state index contributed by atoms with van der Waals surface area (Å²) in [6, 6.07) is 30.3. The molecule has 0 heterocycles. The van der Waals surface area contributed by atoms with Crippen molar-refractivity contribution in [2.45, 2.75) is 142 Å². The molecular weight excluding hydrogens is 914 g/mol. The number of carbonyl (C=O) groups excluding carboxylic acids is 2. The third-order valence-corrected chi connectivity index (χ3v) is 15.6. The number of nitrogens with one attached hydrogen (secondary N) is 2. The summed E-state index contributed by atoms with van der Waals surface area (Å²) in [5.74, 6) is -0.335. The van der Waals surface area contributed by atoms with Crippen molar-refractivity contribution in [2.24, 2.45) is 11.8 Å². The van der Waals surface area contributed by atoms with E-state index in [1.54, 1.807) is 0 Å². The van der Waals surface area contributed by atoms with E-state index in [1.807, 2.05) is 60.7 Å². The van der Waals surface area contributed by atoms with Crippen LogP contribution in [0, 0.1) is 24.2 Å². The van der Waals surface area contributed by atoms with Crippen LogP contribution in [-0.4, -0.2) is 21.8 Å². The van der Waals surface area contributed by atoms with E-state index in [9.17, 15) is 10.2 Å². The van der Waals surface area contributed by atoms with Gasteiger partial charge in [-0.05, 0) is 153 Å². The highest BCUT2D eigenvalue weighted by atomic mass is 19.1. The first-order valence-corrected chi connectivity index (χ1v) is 26.8. The molecule has 9 nitrogen and oxygen atoms in total. The van der Waals surface area contributed by atoms with Crippen LogP contribution in [0.15, 0.2) is 103 Å². The van der Waals surface area contributed by atoms with Crippen molar-refractivity contribution >= 4 is 40.0 Å². The van der Waals surface area contributed by atoms with Crippen LogP contribution >= 0.6 is 0 Å². The normalized spacial score (nSPS) is 18.3. The number of hydrogen-bond donors (Lipinski definition) is 4. The van der Waals surface area contributed by atoms with Gasteiger partial charge in [0.2, 0.25) is 17.3 Å². The SMILES string of the molecule is [C-]#[N+]c1ccc(Nc2cc(Oc3ccc(C4CCC(CCCC)CC4)cc3)c(O)c3c2C(=O)c2c(O)c(Oc4ccc(C5CCC(CCCC)CC5)cc4)cc(Nc4ccc(CCCC)cc4)c2C3=O)cc1F. The maximum absolute atomic E-state index is 15.3. The molecule has 0 aliphatic heterocycles. The van der Waals surface area contributed by atoms with Crippen LogP contribution in [0.5, 0.6) is 34.5 Å². The molecule has 10 heteroatoms. The van der Waals surface area contributed by atoms with Gasteiger partial charge in [0.15, 0.2) is 23.0 Å². The minimum atomic E-state index is -0.789. The van der Waals surface area contributed by atoms with Crippen LogP contribution < -0.4 is 20.1 Å². The van der Waals surface area contributed by atoms with E-state index in [4.69, 9.17) is 16.0 Å². The fourth-order valence-electron chi connectivity index (χ4n) is 11.4. The number of aromatic hydroxyl groups is 2. The number of benzene rings is 6. The number of halogens is 1. The Morgan fingerprint density at radius 3 is 1.42 bits per heavy atom. The Morgan fingerprint density at radius 1 is 0.562 bits per heavy atom. The van der Waals surface area contributed by atoms with Gasteiger partial charge >= 0.3 is 0 Å². The highest BCUT2D eigenvalue weighted by molar-refractivity contribution is 6.34. The van der Waals surface area contributed by atoms with Crippen LogP contribution in [0.3, 0.4) is 0 Å². The minimum absolute atomic E-state index is 0.0103. The van der Waals surface area contributed by atoms with Crippen molar-refractivity contribution in [1.29, 1.82) is 0 Å². The maximum Gasteiger partial charge on any atom is 0.222 e. The van der Waals surface area contributed by atoms with Crippen molar-refractivity contribution < 1.29 is 33.7 Å². The van der Waals surface area contributed by atoms with Crippen molar-refractivity contribution in [3.63, 3.8) is 0 Å². The molecule has 0 atom stereocenters. The maximum atomic E-state index is 15.3. The van der Waals surface area contributed by atoms with Crippen molar-refractivity contribution in [3.05, 3.63) is 159 Å². The Hall–Kier alpha value is -7.12. The summed E-state index contributed by atoms with van der Waals surface area (Å²) in [6.45, 7) is 14.0. The van der Waals surface area contributed by atoms with Crippen molar-refractivity contribution in [3.8, 4) is 34.5 Å². The number of carbonyl (C=O) groups is 2. The Labute approximate surface area is 430 Å². The number of ether oxygens (including phenoxy) is 2. The predicted octanol–water partition coefficient (Wildman–Crippen LogP) is 17.9. The first-order chi connectivity index (χ1) is 35.5. The molecule has 2 fully saturated rings. The first kappa shape index (κ1) is 50.8. The molecule has 0 amide bonds. The van der Waals surface area contributed by atoms with Crippen LogP contribution in [-0.2, 0) is 6.42 Å². The Balaban J connectivity index is 1.08. The van der Waals surface area contributed by atoms with Crippen LogP contribution in [0.2, 0.25) is 0 Å². The van der Waals surface area contributed by atoms with Gasteiger partial charge in [0.1, 0.15) is 17.3 Å². The number of fused-ring (bicyclic) bond motifs is 2. The average Bonchev–Trinajstić information content (AvgIpc) is 3.41. The standard InChI is InChI=1S/C63H68FN3O6/c1-5-8-11-39-14-20-42(21-15-39)44-24-31-48(32-25-44)72-54-37-52(66-46-28-18-41(19-29-46)13-10-7-3)56-58(60(54)68)63(71)57-53(67-47-30-35-51(65-4)50(64)36-47)38-55(61(69)59(57)62(56)70)73-49-33-26-45(27-34-49)43-22-16-40(17-23-43)12-9-6-2/h18-19,24-40,42-43,66-69H,5-17,20-23H2,1-3H3. The van der Waals surface area contributed by atoms with E-state index in [0.29, 0.717) is 29.0 Å². The molecule has 4 N–H and O–H groups in total. The molecule has 2 saturated carbocycles. The Bertz CT molecular complexity index is 2960. The van der Waals surface area contributed by atoms with Gasteiger partial charge in [-0.3, -0.25) is 9.59 Å². The molecule has 9 rings (SSSR count). The summed E-state index contributed by atoms with van der Waals surface area (Å²) in [5, 5.41) is 30.8. The molecule has 0 radical (unpaired) electrons. The van der Waals surface area contributed by atoms with Gasteiger partial charge in [0, 0.05) is 23.5 Å². The zero-order valence-corrected chi connectivity index (χ0v) is 42.5. The first-order valence-electron chi connectivity index (χ1n) is 26.8. The number of hydrogen-bond acceptors (Lipinski definition) is 8. The second kappa shape index (κ2) is 23.2. The highest BCUT2D eigenvalue weighted by Crippen LogP contribution is 2.51. The molecule has 0 saturated heterocycles. The summed E-state index contributed by atoms with van der Waals surface area (Å²) >= 11 is 0. The predicted molar refractivity (Wildman–Crippen MR) is 289 cm³/mol. The summed E-state index contributed by atoms with van der Waals surface area (Å²) in [5.41, 5.74) is 3.29. The molecule has 6 aromatic rings. The number of anilines is 4. The largest absolute Gasteiger partial charge is 0.504 e. The second-order valence-corrected chi connectivity index (χ2v) is 20.6. The lowest BCUT2D eigenvalue weighted by atomic mass is 9.77. The Kier molecular flexibility index (Phi) is 16.1. The smallest absolute Gasteiger partial charge is 0.222 e. The lowest BCUT2D eigenvalue weighted by Crippen LogP contribution is -2.24. The molecule has 6 aromatic carbocycles. The third kappa shape index (κ3) is 11.4. The van der Waals surface area contributed by atoms with Gasteiger partial charge in [-0.2, -0.15) is 0 Å². The number of aryl methyl sites for hydroxylation is 1. The number of phenols is 2. The third-order valence-electron chi connectivity index (χ3n) is 15.6.